The van der Waals surface area contributed by atoms with Crippen LogP contribution in [-0.4, -0.2) is 48.8 Å². The second kappa shape index (κ2) is 8.89. The van der Waals surface area contributed by atoms with Crippen molar-refractivity contribution >= 4 is 30.0 Å². The molecule has 4 fully saturated rings. The van der Waals surface area contributed by atoms with E-state index in [1.165, 1.54) is 6.92 Å². The van der Waals surface area contributed by atoms with Crippen LogP contribution < -0.4 is 0 Å². The predicted molar refractivity (Wildman–Crippen MR) is 135 cm³/mol. The maximum Gasteiger partial charge on any atom is 0.338 e. The number of aryl methyl sites for hydroxylation is 1. The number of ketones is 1. The largest absolute Gasteiger partial charge is 0.464 e. The molecule has 0 aromatic heterocycles. The minimum atomic E-state index is -1.86. The Balaban J connectivity index is 1.66. The highest BCUT2D eigenvalue weighted by Crippen LogP contribution is 2.68. The van der Waals surface area contributed by atoms with Crippen molar-refractivity contribution in [3.05, 3.63) is 47.5 Å². The number of esters is 3. The number of Topliss-reactive ketones (excluding diaryl/α,β-unsaturated/α-hetero) is 1. The molecule has 0 amide bonds. The van der Waals surface area contributed by atoms with E-state index in [1.807, 2.05) is 20.8 Å². The Labute approximate surface area is 222 Å². The van der Waals surface area contributed by atoms with E-state index < -0.39 is 69.9 Å². The summed E-state index contributed by atoms with van der Waals surface area (Å²) in [6, 6.07) is 6.84. The van der Waals surface area contributed by atoms with Gasteiger partial charge in [0.1, 0.15) is 25.1 Å². The van der Waals surface area contributed by atoms with Crippen LogP contribution in [0.1, 0.15) is 62.4 Å². The summed E-state index contributed by atoms with van der Waals surface area (Å²) in [5.74, 6) is -4.40. The van der Waals surface area contributed by atoms with Crippen molar-refractivity contribution in [1.82, 2.24) is 0 Å². The second-order valence-electron chi connectivity index (χ2n) is 12.1. The van der Waals surface area contributed by atoms with Crippen LogP contribution in [-0.2, 0) is 33.4 Å². The highest BCUT2D eigenvalue weighted by Gasteiger charge is 2.79. The summed E-state index contributed by atoms with van der Waals surface area (Å²) in [5, 5.41) is 0. The third-order valence-corrected chi connectivity index (χ3v) is 9.72. The molecule has 3 aliphatic carbocycles. The summed E-state index contributed by atoms with van der Waals surface area (Å²) < 4.78 is 17.7. The second-order valence-corrected chi connectivity index (χ2v) is 12.1. The Morgan fingerprint density at radius 1 is 1.08 bits per heavy atom. The quantitative estimate of drug-likeness (QED) is 0.193. The smallest absolute Gasteiger partial charge is 0.338 e. The normalized spacial score (nSPS) is 37.3. The summed E-state index contributed by atoms with van der Waals surface area (Å²) in [6.45, 7) is 11.0. The molecule has 0 unspecified atom stereocenters. The van der Waals surface area contributed by atoms with Crippen molar-refractivity contribution in [2.45, 2.75) is 65.6 Å². The van der Waals surface area contributed by atoms with Crippen LogP contribution in [0, 0.1) is 40.9 Å². The van der Waals surface area contributed by atoms with E-state index in [-0.39, 0.29) is 12.2 Å². The number of carbonyl (C=O) groups excluding carboxylic acids is 5. The molecule has 8 heteroatoms. The number of rotatable bonds is 4. The van der Waals surface area contributed by atoms with Crippen molar-refractivity contribution in [2.75, 3.05) is 6.61 Å². The van der Waals surface area contributed by atoms with E-state index in [0.717, 1.165) is 11.8 Å². The highest BCUT2D eigenvalue weighted by molar-refractivity contribution is 6.16. The maximum absolute atomic E-state index is 14.0. The topological polar surface area (TPSA) is 113 Å². The van der Waals surface area contributed by atoms with Crippen LogP contribution in [0.3, 0.4) is 0 Å². The minimum absolute atomic E-state index is 0.161. The number of hydrogen-bond donors (Lipinski definition) is 0. The first-order chi connectivity index (χ1) is 17.9. The summed E-state index contributed by atoms with van der Waals surface area (Å²) >= 11 is 0. The zero-order valence-electron chi connectivity index (χ0n) is 22.3. The van der Waals surface area contributed by atoms with Crippen molar-refractivity contribution < 1.29 is 38.2 Å². The molecule has 1 saturated heterocycles. The molecule has 3 saturated carbocycles. The van der Waals surface area contributed by atoms with Gasteiger partial charge in [-0.15, -0.1) is 0 Å². The van der Waals surface area contributed by atoms with Crippen molar-refractivity contribution in [3.63, 3.8) is 0 Å². The Bertz CT molecular complexity index is 1230. The van der Waals surface area contributed by atoms with E-state index in [9.17, 15) is 24.0 Å². The first-order valence-electron chi connectivity index (χ1n) is 13.2. The molecule has 1 aromatic carbocycles. The summed E-state index contributed by atoms with van der Waals surface area (Å²) in [4.78, 5) is 66.1. The fourth-order valence-electron chi connectivity index (χ4n) is 7.98. The lowest BCUT2D eigenvalue weighted by Gasteiger charge is -2.62. The van der Waals surface area contributed by atoms with Crippen molar-refractivity contribution in [2.24, 2.45) is 34.0 Å². The third kappa shape index (κ3) is 3.45. The molecule has 0 radical (unpaired) electrons. The first-order valence-corrected chi connectivity index (χ1v) is 13.2. The lowest BCUT2D eigenvalue weighted by molar-refractivity contribution is -0.250. The number of hydrogen-bond acceptors (Lipinski definition) is 8. The molecule has 4 aliphatic rings. The van der Waals surface area contributed by atoms with E-state index in [1.54, 1.807) is 24.3 Å². The van der Waals surface area contributed by atoms with E-state index in [0.29, 0.717) is 31.2 Å². The third-order valence-electron chi connectivity index (χ3n) is 9.72. The molecule has 5 rings (SSSR count). The standard InChI is InChI=1S/C30H34O8/c1-16-6-8-19(9-7-16)26(34)38-25-20-10-11-21-29(15-36-27(35)30(21,25)24(33)17(20)2)22(14-31)28(4,5)13-12-23(29)37-18(3)32/h6-9,14,20-23,25H,2,10-13,15H2,1,3-5H3/t20-,21+,22-,23+,25-,29+,30+/m1/s1. The lowest BCUT2D eigenvalue weighted by atomic mass is 9.43. The number of cyclic esters (lactones) is 1. The molecule has 1 aromatic rings. The van der Waals surface area contributed by atoms with Crippen LogP contribution in [0.5, 0.6) is 0 Å². The highest BCUT2D eigenvalue weighted by atomic mass is 16.6. The van der Waals surface area contributed by atoms with Crippen LogP contribution in [0.25, 0.3) is 0 Å². The zero-order chi connectivity index (χ0) is 27.6. The van der Waals surface area contributed by atoms with Gasteiger partial charge in [0.05, 0.1) is 11.0 Å². The molecule has 38 heavy (non-hydrogen) atoms. The van der Waals surface area contributed by atoms with Crippen LogP contribution >= 0.6 is 0 Å². The van der Waals surface area contributed by atoms with Gasteiger partial charge >= 0.3 is 17.9 Å². The van der Waals surface area contributed by atoms with Gasteiger partial charge in [0.25, 0.3) is 0 Å². The SMILES string of the molecule is C=C1C(=O)[C@@]23C(=O)OC[C@]4([C@@H](OC(C)=O)CCC(C)(C)[C@H]4C=O)[C@@H]2CC[C@H]1[C@H]3OC(=O)c1ccc(C)cc1. The van der Waals surface area contributed by atoms with Gasteiger partial charge in [-0.05, 0) is 61.6 Å². The number of carbonyl (C=O) groups is 5. The molecule has 2 bridgehead atoms. The predicted octanol–water partition coefficient (Wildman–Crippen LogP) is 3.78. The van der Waals surface area contributed by atoms with Crippen molar-refractivity contribution in [1.29, 1.82) is 0 Å². The molecule has 1 heterocycles. The van der Waals surface area contributed by atoms with Gasteiger partial charge in [0.2, 0.25) is 0 Å². The summed E-state index contributed by atoms with van der Waals surface area (Å²) in [7, 11) is 0. The van der Waals surface area contributed by atoms with E-state index in [4.69, 9.17) is 14.2 Å². The van der Waals surface area contributed by atoms with Crippen molar-refractivity contribution in [3.8, 4) is 0 Å². The average Bonchev–Trinajstić information content (AvgIpc) is 2.97. The summed E-state index contributed by atoms with van der Waals surface area (Å²) in [5.41, 5.74) is -2.02. The molecule has 0 N–H and O–H groups in total. The van der Waals surface area contributed by atoms with Gasteiger partial charge in [-0.2, -0.15) is 0 Å². The fraction of sp³-hybridized carbons (Fsp3) is 0.567. The minimum Gasteiger partial charge on any atom is -0.464 e. The van der Waals surface area contributed by atoms with E-state index in [2.05, 4.69) is 6.58 Å². The molecule has 8 nitrogen and oxygen atoms in total. The molecule has 202 valence electrons. The molecular weight excluding hydrogens is 488 g/mol. The molecule has 7 atom stereocenters. The number of ether oxygens (including phenoxy) is 3. The molecular formula is C30H34O8. The Kier molecular flexibility index (Phi) is 6.16. The Morgan fingerprint density at radius 3 is 2.39 bits per heavy atom. The zero-order valence-corrected chi connectivity index (χ0v) is 22.3. The number of fused-ring (bicyclic) bond motifs is 2. The monoisotopic (exact) mass is 522 g/mol. The lowest BCUT2D eigenvalue weighted by Crippen LogP contribution is -2.71. The number of benzene rings is 1. The van der Waals surface area contributed by atoms with Crippen LogP contribution in [0.4, 0.5) is 0 Å². The van der Waals surface area contributed by atoms with Gasteiger partial charge in [-0.1, -0.05) is 38.1 Å². The maximum atomic E-state index is 14.0. The van der Waals surface area contributed by atoms with Crippen LogP contribution in [0.15, 0.2) is 36.4 Å². The fourth-order valence-corrected chi connectivity index (χ4v) is 7.98. The van der Waals surface area contributed by atoms with Gasteiger partial charge in [-0.3, -0.25) is 14.4 Å². The Morgan fingerprint density at radius 2 is 1.76 bits per heavy atom. The first kappa shape index (κ1) is 26.3. The van der Waals surface area contributed by atoms with Crippen LogP contribution in [0.2, 0.25) is 0 Å². The number of aldehydes is 1. The van der Waals surface area contributed by atoms with Gasteiger partial charge in [-0.25, -0.2) is 4.79 Å². The van der Waals surface area contributed by atoms with Gasteiger partial charge in [0, 0.05) is 18.8 Å². The molecule has 2 spiro atoms. The summed E-state index contributed by atoms with van der Waals surface area (Å²) in [6.07, 6.45) is 0.889. The average molecular weight is 523 g/mol. The Hall–Kier alpha value is -3.29. The van der Waals surface area contributed by atoms with Gasteiger partial charge in [0.15, 0.2) is 11.2 Å². The van der Waals surface area contributed by atoms with E-state index >= 15 is 0 Å². The molecule has 1 aliphatic heterocycles. The van der Waals surface area contributed by atoms with Gasteiger partial charge < -0.3 is 19.0 Å².